The highest BCUT2D eigenvalue weighted by molar-refractivity contribution is 5.93. The van der Waals surface area contributed by atoms with Gasteiger partial charge in [0.05, 0.1) is 0 Å². The van der Waals surface area contributed by atoms with Gasteiger partial charge in [0.2, 0.25) is 0 Å². The monoisotopic (exact) mass is 244 g/mol. The summed E-state index contributed by atoms with van der Waals surface area (Å²) in [7, 11) is 0. The summed E-state index contributed by atoms with van der Waals surface area (Å²) in [6, 6.07) is 7.97. The molecule has 0 radical (unpaired) electrons. The lowest BCUT2D eigenvalue weighted by molar-refractivity contribution is 0.0999. The number of carbonyl (C=O) groups is 1. The number of phenols is 1. The Morgan fingerprint density at radius 1 is 1.33 bits per heavy atom. The summed E-state index contributed by atoms with van der Waals surface area (Å²) in [5.74, 6) is -0.670. The molecule has 0 aliphatic carbocycles. The topological polar surface area (TPSA) is 96.2 Å². The van der Waals surface area contributed by atoms with Crippen LogP contribution in [0.3, 0.4) is 0 Å². The van der Waals surface area contributed by atoms with Crippen molar-refractivity contribution in [2.75, 3.05) is 0 Å². The van der Waals surface area contributed by atoms with Crippen molar-refractivity contribution in [3.63, 3.8) is 0 Å². The average Bonchev–Trinajstić information content (AvgIpc) is 2.28. The molecule has 0 saturated carbocycles. The van der Waals surface area contributed by atoms with E-state index < -0.39 is 11.5 Å². The van der Waals surface area contributed by atoms with E-state index in [1.165, 1.54) is 6.07 Å². The molecule has 2 rings (SSSR count). The van der Waals surface area contributed by atoms with Crippen molar-refractivity contribution < 1.29 is 9.90 Å². The van der Waals surface area contributed by atoms with Gasteiger partial charge in [-0.1, -0.05) is 12.1 Å². The molecule has 0 fully saturated rings. The number of carbonyl (C=O) groups excluding carboxylic acids is 1. The van der Waals surface area contributed by atoms with Crippen molar-refractivity contribution in [3.05, 3.63) is 51.9 Å². The van der Waals surface area contributed by atoms with Crippen LogP contribution in [0.4, 0.5) is 0 Å². The Morgan fingerprint density at radius 3 is 2.67 bits per heavy atom. The first kappa shape index (κ1) is 11.9. The van der Waals surface area contributed by atoms with Crippen LogP contribution in [-0.4, -0.2) is 16.0 Å². The normalized spacial score (nSPS) is 10.3. The minimum absolute atomic E-state index is 0.0982. The standard InChI is InChI=1S/C13H12N2O3/c1-7-10(8-3-2-4-9(16)5-8)6-11(12(14)17)13(18)15-7/h2-6,16H,1H3,(H2,14,17)(H,15,18). The van der Waals surface area contributed by atoms with Gasteiger partial charge in [-0.05, 0) is 30.7 Å². The van der Waals surface area contributed by atoms with Crippen molar-refractivity contribution in [2.45, 2.75) is 6.92 Å². The second-order valence-corrected chi connectivity index (χ2v) is 3.97. The minimum Gasteiger partial charge on any atom is -0.508 e. The number of aryl methyl sites for hydroxylation is 1. The predicted octanol–water partition coefficient (Wildman–Crippen LogP) is 1.15. The number of amides is 1. The number of aromatic hydroxyl groups is 1. The van der Waals surface area contributed by atoms with E-state index >= 15 is 0 Å². The van der Waals surface area contributed by atoms with Gasteiger partial charge in [-0.15, -0.1) is 0 Å². The van der Waals surface area contributed by atoms with E-state index in [4.69, 9.17) is 5.73 Å². The van der Waals surface area contributed by atoms with Crippen LogP contribution in [0.15, 0.2) is 35.1 Å². The Hall–Kier alpha value is -2.56. The van der Waals surface area contributed by atoms with Gasteiger partial charge in [0, 0.05) is 11.3 Å². The summed E-state index contributed by atoms with van der Waals surface area (Å²) < 4.78 is 0. The molecule has 4 N–H and O–H groups in total. The molecule has 92 valence electrons. The van der Waals surface area contributed by atoms with E-state index in [0.717, 1.165) is 0 Å². The molecular formula is C13H12N2O3. The Balaban J connectivity index is 2.68. The molecule has 1 heterocycles. The largest absolute Gasteiger partial charge is 0.508 e. The SMILES string of the molecule is Cc1[nH]c(=O)c(C(N)=O)cc1-c1cccc(O)c1. The Bertz CT molecular complexity index is 674. The number of pyridine rings is 1. The fraction of sp³-hybridized carbons (Fsp3) is 0.0769. The van der Waals surface area contributed by atoms with Crippen molar-refractivity contribution in [1.82, 2.24) is 4.98 Å². The second kappa shape index (κ2) is 4.37. The van der Waals surface area contributed by atoms with Crippen LogP contribution < -0.4 is 11.3 Å². The molecule has 0 bridgehead atoms. The van der Waals surface area contributed by atoms with E-state index in [1.54, 1.807) is 31.2 Å². The van der Waals surface area contributed by atoms with Crippen LogP contribution in [-0.2, 0) is 0 Å². The number of hydrogen-bond acceptors (Lipinski definition) is 3. The van der Waals surface area contributed by atoms with E-state index in [1.807, 2.05) is 0 Å². The predicted molar refractivity (Wildman–Crippen MR) is 67.4 cm³/mol. The number of H-pyrrole nitrogens is 1. The Labute approximate surface area is 103 Å². The average molecular weight is 244 g/mol. The second-order valence-electron chi connectivity index (χ2n) is 3.97. The van der Waals surface area contributed by atoms with Gasteiger partial charge in [-0.25, -0.2) is 0 Å². The van der Waals surface area contributed by atoms with Crippen LogP contribution in [0.25, 0.3) is 11.1 Å². The summed E-state index contributed by atoms with van der Waals surface area (Å²) in [5.41, 5.74) is 6.48. The van der Waals surface area contributed by atoms with E-state index in [2.05, 4.69) is 4.98 Å². The maximum Gasteiger partial charge on any atom is 0.261 e. The number of aromatic nitrogens is 1. The highest BCUT2D eigenvalue weighted by atomic mass is 16.3. The first-order valence-electron chi connectivity index (χ1n) is 5.32. The van der Waals surface area contributed by atoms with Crippen molar-refractivity contribution in [2.24, 2.45) is 5.73 Å². The third-order valence-corrected chi connectivity index (χ3v) is 2.66. The van der Waals surface area contributed by atoms with Gasteiger partial charge < -0.3 is 15.8 Å². The Kier molecular flexibility index (Phi) is 2.89. The molecule has 2 aromatic rings. The van der Waals surface area contributed by atoms with Crippen molar-refractivity contribution in [1.29, 1.82) is 0 Å². The quantitative estimate of drug-likeness (QED) is 0.739. The summed E-state index contributed by atoms with van der Waals surface area (Å²) in [5, 5.41) is 9.43. The molecule has 0 spiro atoms. The lowest BCUT2D eigenvalue weighted by atomic mass is 10.0. The van der Waals surface area contributed by atoms with Crippen molar-refractivity contribution >= 4 is 5.91 Å². The fourth-order valence-corrected chi connectivity index (χ4v) is 1.78. The summed E-state index contributed by atoms with van der Waals surface area (Å²) in [6.45, 7) is 1.71. The zero-order chi connectivity index (χ0) is 13.3. The maximum atomic E-state index is 11.5. The number of benzene rings is 1. The maximum absolute atomic E-state index is 11.5. The van der Waals surface area contributed by atoms with E-state index in [0.29, 0.717) is 16.8 Å². The van der Waals surface area contributed by atoms with Gasteiger partial charge >= 0.3 is 0 Å². The van der Waals surface area contributed by atoms with E-state index in [-0.39, 0.29) is 11.3 Å². The lowest BCUT2D eigenvalue weighted by Gasteiger charge is -2.07. The van der Waals surface area contributed by atoms with Gasteiger partial charge in [-0.3, -0.25) is 9.59 Å². The van der Waals surface area contributed by atoms with Gasteiger partial charge in [-0.2, -0.15) is 0 Å². The van der Waals surface area contributed by atoms with Crippen LogP contribution in [0.2, 0.25) is 0 Å². The van der Waals surface area contributed by atoms with Gasteiger partial charge in [0.1, 0.15) is 11.3 Å². The molecule has 1 amide bonds. The lowest BCUT2D eigenvalue weighted by Crippen LogP contribution is -2.24. The number of phenolic OH excluding ortho intramolecular Hbond substituents is 1. The highest BCUT2D eigenvalue weighted by Crippen LogP contribution is 2.25. The first-order chi connectivity index (χ1) is 8.49. The Morgan fingerprint density at radius 2 is 2.06 bits per heavy atom. The molecule has 5 nitrogen and oxygen atoms in total. The fourth-order valence-electron chi connectivity index (χ4n) is 1.78. The minimum atomic E-state index is -0.780. The van der Waals surface area contributed by atoms with Gasteiger partial charge in [0.25, 0.3) is 11.5 Å². The third-order valence-electron chi connectivity index (χ3n) is 2.66. The summed E-state index contributed by atoms with van der Waals surface area (Å²) >= 11 is 0. The molecule has 18 heavy (non-hydrogen) atoms. The molecule has 5 heteroatoms. The number of nitrogens with one attached hydrogen (secondary N) is 1. The number of nitrogens with two attached hydrogens (primary N) is 1. The molecule has 0 unspecified atom stereocenters. The summed E-state index contributed by atoms with van der Waals surface area (Å²) in [6.07, 6.45) is 0. The molecule has 0 saturated heterocycles. The highest BCUT2D eigenvalue weighted by Gasteiger charge is 2.11. The zero-order valence-electron chi connectivity index (χ0n) is 9.73. The molecule has 0 aliphatic rings. The number of aromatic amines is 1. The molecule has 1 aromatic heterocycles. The van der Waals surface area contributed by atoms with Crippen LogP contribution in [0.1, 0.15) is 16.1 Å². The van der Waals surface area contributed by atoms with Crippen LogP contribution >= 0.6 is 0 Å². The van der Waals surface area contributed by atoms with Crippen LogP contribution in [0.5, 0.6) is 5.75 Å². The number of rotatable bonds is 2. The number of primary amides is 1. The molecule has 0 aliphatic heterocycles. The summed E-state index contributed by atoms with van der Waals surface area (Å²) in [4.78, 5) is 25.2. The van der Waals surface area contributed by atoms with Crippen molar-refractivity contribution in [3.8, 4) is 16.9 Å². The smallest absolute Gasteiger partial charge is 0.261 e. The van der Waals surface area contributed by atoms with Gasteiger partial charge in [0.15, 0.2) is 0 Å². The number of hydrogen-bond donors (Lipinski definition) is 3. The molecule has 1 aromatic carbocycles. The first-order valence-corrected chi connectivity index (χ1v) is 5.32. The zero-order valence-corrected chi connectivity index (χ0v) is 9.73. The molecular weight excluding hydrogens is 232 g/mol. The third kappa shape index (κ3) is 2.10. The van der Waals surface area contributed by atoms with Crippen LogP contribution in [0, 0.1) is 6.92 Å². The van der Waals surface area contributed by atoms with E-state index in [9.17, 15) is 14.7 Å². The molecule has 0 atom stereocenters.